The van der Waals surface area contributed by atoms with E-state index in [2.05, 4.69) is 9.47 Å². The van der Waals surface area contributed by atoms with Crippen LogP contribution in [0.1, 0.15) is 12.5 Å². The van der Waals surface area contributed by atoms with Crippen LogP contribution in [-0.4, -0.2) is 18.7 Å². The standard InChI is InChI=1S/C11H8F3NO3/c1-2-17-10(16)11(13,14)18-9-5-3-4-8(12)7(9)6-15/h3-5H,2H2,1H3. The summed E-state index contributed by atoms with van der Waals surface area (Å²) in [5, 5.41) is 8.61. The second-order valence-corrected chi connectivity index (χ2v) is 3.06. The van der Waals surface area contributed by atoms with Crippen LogP contribution in [0.3, 0.4) is 0 Å². The van der Waals surface area contributed by atoms with Gasteiger partial charge in [-0.3, -0.25) is 0 Å². The Labute approximate surface area is 101 Å². The number of halogens is 3. The molecule has 0 saturated heterocycles. The Kier molecular flexibility index (Phi) is 4.15. The fraction of sp³-hybridized carbons (Fsp3) is 0.273. The van der Waals surface area contributed by atoms with Gasteiger partial charge in [0, 0.05) is 0 Å². The van der Waals surface area contributed by atoms with Gasteiger partial charge in [-0.05, 0) is 19.1 Å². The molecule has 1 rings (SSSR count). The molecule has 0 bridgehead atoms. The molecular weight excluding hydrogens is 251 g/mol. The lowest BCUT2D eigenvalue weighted by atomic mass is 10.2. The lowest BCUT2D eigenvalue weighted by molar-refractivity contribution is -0.216. The van der Waals surface area contributed by atoms with Gasteiger partial charge in [0.15, 0.2) is 0 Å². The zero-order valence-corrected chi connectivity index (χ0v) is 9.25. The van der Waals surface area contributed by atoms with Crippen LogP contribution < -0.4 is 4.74 Å². The molecule has 0 saturated carbocycles. The third-order valence-electron chi connectivity index (χ3n) is 1.84. The van der Waals surface area contributed by atoms with E-state index in [0.29, 0.717) is 0 Å². The minimum Gasteiger partial charge on any atom is -0.459 e. The summed E-state index contributed by atoms with van der Waals surface area (Å²) in [6.45, 7) is 1.09. The lowest BCUT2D eigenvalue weighted by Crippen LogP contribution is -2.37. The summed E-state index contributed by atoms with van der Waals surface area (Å²) in [5.74, 6) is -3.65. The zero-order chi connectivity index (χ0) is 13.8. The molecular formula is C11H8F3NO3. The highest BCUT2D eigenvalue weighted by molar-refractivity contribution is 5.76. The van der Waals surface area contributed by atoms with Crippen molar-refractivity contribution in [2.45, 2.75) is 13.0 Å². The molecule has 0 aliphatic carbocycles. The number of alkyl halides is 2. The predicted octanol–water partition coefficient (Wildman–Crippen LogP) is 2.23. The largest absolute Gasteiger partial charge is 0.502 e. The first-order valence-corrected chi connectivity index (χ1v) is 4.85. The molecule has 0 unspecified atom stereocenters. The molecule has 1 aromatic carbocycles. The van der Waals surface area contributed by atoms with E-state index in [1.165, 1.54) is 13.0 Å². The molecule has 18 heavy (non-hydrogen) atoms. The maximum Gasteiger partial charge on any atom is 0.502 e. The number of carbonyl (C=O) groups excluding carboxylic acids is 1. The highest BCUT2D eigenvalue weighted by atomic mass is 19.3. The van der Waals surface area contributed by atoms with E-state index in [9.17, 15) is 18.0 Å². The molecule has 0 fully saturated rings. The quantitative estimate of drug-likeness (QED) is 0.778. The van der Waals surface area contributed by atoms with E-state index >= 15 is 0 Å². The number of nitriles is 1. The van der Waals surface area contributed by atoms with Crippen molar-refractivity contribution >= 4 is 5.97 Å². The molecule has 0 spiro atoms. The number of esters is 1. The summed E-state index contributed by atoms with van der Waals surface area (Å²) >= 11 is 0. The maximum absolute atomic E-state index is 13.2. The number of rotatable bonds is 4. The average molecular weight is 259 g/mol. The SMILES string of the molecule is CCOC(=O)C(F)(F)Oc1cccc(F)c1C#N. The van der Waals surface area contributed by atoms with Crippen LogP contribution in [-0.2, 0) is 9.53 Å². The van der Waals surface area contributed by atoms with Crippen molar-refractivity contribution in [2.24, 2.45) is 0 Å². The van der Waals surface area contributed by atoms with Crippen LogP contribution in [0.25, 0.3) is 0 Å². The Hall–Kier alpha value is -2.23. The van der Waals surface area contributed by atoms with E-state index in [0.717, 1.165) is 18.2 Å². The number of ether oxygens (including phenoxy) is 2. The van der Waals surface area contributed by atoms with E-state index < -0.39 is 29.2 Å². The molecule has 0 aliphatic heterocycles. The summed E-state index contributed by atoms with van der Waals surface area (Å²) in [6, 6.07) is 4.31. The van der Waals surface area contributed by atoms with Crippen molar-refractivity contribution in [1.82, 2.24) is 0 Å². The predicted molar refractivity (Wildman–Crippen MR) is 53.3 cm³/mol. The summed E-state index contributed by atoms with van der Waals surface area (Å²) < 4.78 is 47.7. The molecule has 0 atom stereocenters. The average Bonchev–Trinajstić information content (AvgIpc) is 2.29. The van der Waals surface area contributed by atoms with E-state index in [1.807, 2.05) is 0 Å². The molecule has 4 nitrogen and oxygen atoms in total. The van der Waals surface area contributed by atoms with Gasteiger partial charge in [-0.2, -0.15) is 14.0 Å². The number of hydrogen-bond donors (Lipinski definition) is 0. The van der Waals surface area contributed by atoms with Crippen molar-refractivity contribution in [3.8, 4) is 11.8 Å². The Bertz CT molecular complexity index is 497. The normalized spacial score (nSPS) is 10.6. The van der Waals surface area contributed by atoms with Crippen LogP contribution in [0.5, 0.6) is 5.75 Å². The monoisotopic (exact) mass is 259 g/mol. The van der Waals surface area contributed by atoms with Crippen LogP contribution >= 0.6 is 0 Å². The second-order valence-electron chi connectivity index (χ2n) is 3.06. The van der Waals surface area contributed by atoms with Crippen molar-refractivity contribution < 1.29 is 27.4 Å². The topological polar surface area (TPSA) is 59.3 Å². The van der Waals surface area contributed by atoms with E-state index in [-0.39, 0.29) is 6.61 Å². The van der Waals surface area contributed by atoms with Gasteiger partial charge in [-0.1, -0.05) is 6.07 Å². The van der Waals surface area contributed by atoms with Crippen molar-refractivity contribution in [2.75, 3.05) is 6.61 Å². The minimum atomic E-state index is -4.28. The van der Waals surface area contributed by atoms with Crippen LogP contribution in [0, 0.1) is 17.1 Å². The Morgan fingerprint density at radius 3 is 2.72 bits per heavy atom. The number of carbonyl (C=O) groups is 1. The fourth-order valence-corrected chi connectivity index (χ4v) is 1.09. The van der Waals surface area contributed by atoms with Crippen molar-refractivity contribution in [3.05, 3.63) is 29.6 Å². The Balaban J connectivity index is 3.01. The van der Waals surface area contributed by atoms with Crippen LogP contribution in [0.2, 0.25) is 0 Å². The summed E-state index contributed by atoms with van der Waals surface area (Å²) in [7, 11) is 0. The van der Waals surface area contributed by atoms with Gasteiger partial charge < -0.3 is 9.47 Å². The highest BCUT2D eigenvalue weighted by Crippen LogP contribution is 2.27. The molecule has 96 valence electrons. The number of hydrogen-bond acceptors (Lipinski definition) is 4. The second kappa shape index (κ2) is 5.40. The van der Waals surface area contributed by atoms with Gasteiger partial charge in [-0.25, -0.2) is 9.18 Å². The van der Waals surface area contributed by atoms with Crippen LogP contribution in [0.15, 0.2) is 18.2 Å². The highest BCUT2D eigenvalue weighted by Gasteiger charge is 2.44. The maximum atomic E-state index is 13.2. The number of nitrogens with zero attached hydrogens (tertiary/aromatic N) is 1. The number of benzene rings is 1. The molecule has 0 N–H and O–H groups in total. The first-order chi connectivity index (χ1) is 8.42. The molecule has 0 aliphatic rings. The van der Waals surface area contributed by atoms with E-state index in [4.69, 9.17) is 5.26 Å². The molecule has 1 aromatic rings. The van der Waals surface area contributed by atoms with E-state index in [1.54, 1.807) is 0 Å². The first-order valence-electron chi connectivity index (χ1n) is 4.85. The van der Waals surface area contributed by atoms with Crippen LogP contribution in [0.4, 0.5) is 13.2 Å². The van der Waals surface area contributed by atoms with Gasteiger partial charge in [0.05, 0.1) is 6.61 Å². The molecule has 7 heteroatoms. The van der Waals surface area contributed by atoms with Gasteiger partial charge >= 0.3 is 12.1 Å². The third kappa shape index (κ3) is 2.91. The Morgan fingerprint density at radius 1 is 1.50 bits per heavy atom. The molecule has 0 heterocycles. The molecule has 0 radical (unpaired) electrons. The molecule has 0 amide bonds. The lowest BCUT2D eigenvalue weighted by Gasteiger charge is -2.16. The van der Waals surface area contributed by atoms with Gasteiger partial charge in [0.2, 0.25) is 0 Å². The summed E-state index contributed by atoms with van der Waals surface area (Å²) in [4.78, 5) is 10.9. The van der Waals surface area contributed by atoms with Gasteiger partial charge in [-0.15, -0.1) is 0 Å². The van der Waals surface area contributed by atoms with Crippen molar-refractivity contribution in [3.63, 3.8) is 0 Å². The van der Waals surface area contributed by atoms with Gasteiger partial charge in [0.25, 0.3) is 0 Å². The fourth-order valence-electron chi connectivity index (χ4n) is 1.09. The molecule has 0 aromatic heterocycles. The summed E-state index contributed by atoms with van der Waals surface area (Å²) in [6.07, 6.45) is -4.28. The zero-order valence-electron chi connectivity index (χ0n) is 9.25. The van der Waals surface area contributed by atoms with Gasteiger partial charge in [0.1, 0.15) is 23.2 Å². The Morgan fingerprint density at radius 2 is 2.17 bits per heavy atom. The minimum absolute atomic E-state index is 0.258. The first kappa shape index (κ1) is 13.8. The van der Waals surface area contributed by atoms with Crippen molar-refractivity contribution in [1.29, 1.82) is 5.26 Å². The summed E-state index contributed by atoms with van der Waals surface area (Å²) in [5.41, 5.74) is -0.707. The smallest absolute Gasteiger partial charge is 0.459 e. The third-order valence-corrected chi connectivity index (χ3v) is 1.84.